The lowest BCUT2D eigenvalue weighted by molar-refractivity contribution is 0.0519. The highest BCUT2D eigenvalue weighted by Crippen LogP contribution is 2.41. The first-order chi connectivity index (χ1) is 24.0. The Bertz CT molecular complexity index is 2170. The Balaban J connectivity index is 0.903. The summed E-state index contributed by atoms with van der Waals surface area (Å²) in [5.74, 6) is 1.08. The number of ether oxygens (including phenoxy) is 2. The molecule has 8 heteroatoms. The van der Waals surface area contributed by atoms with E-state index in [0.717, 1.165) is 66.7 Å². The summed E-state index contributed by atoms with van der Waals surface area (Å²) in [5, 5.41) is 4.42. The number of aromatic nitrogens is 2. The van der Waals surface area contributed by atoms with Crippen LogP contribution in [0.4, 0.5) is 0 Å². The van der Waals surface area contributed by atoms with E-state index in [2.05, 4.69) is 51.7 Å². The van der Waals surface area contributed by atoms with Crippen molar-refractivity contribution in [3.8, 4) is 28.3 Å². The Hall–Kier alpha value is -4.98. The number of oxazole rings is 1. The molecule has 4 aromatic carbocycles. The average Bonchev–Trinajstić information content (AvgIpc) is 3.72. The van der Waals surface area contributed by atoms with Gasteiger partial charge >= 0.3 is 5.97 Å². The summed E-state index contributed by atoms with van der Waals surface area (Å²) in [6.45, 7) is 3.49. The van der Waals surface area contributed by atoms with Gasteiger partial charge in [0, 0.05) is 22.3 Å². The molecular formula is C41H36ClN3O4. The summed E-state index contributed by atoms with van der Waals surface area (Å²) >= 11 is 6.10. The van der Waals surface area contributed by atoms with E-state index in [9.17, 15) is 4.79 Å². The molecule has 0 fully saturated rings. The highest BCUT2D eigenvalue weighted by atomic mass is 35.5. The molecule has 2 heterocycles. The monoisotopic (exact) mass is 669 g/mol. The van der Waals surface area contributed by atoms with E-state index >= 15 is 0 Å². The van der Waals surface area contributed by atoms with Gasteiger partial charge < -0.3 is 19.2 Å². The van der Waals surface area contributed by atoms with Gasteiger partial charge in [-0.1, -0.05) is 54.1 Å². The fourth-order valence-corrected chi connectivity index (χ4v) is 7.28. The van der Waals surface area contributed by atoms with Crippen LogP contribution in [0.5, 0.6) is 5.75 Å². The number of halogens is 1. The Kier molecular flexibility index (Phi) is 8.62. The number of aryl methyl sites for hydroxylation is 1. The molecule has 0 saturated heterocycles. The van der Waals surface area contributed by atoms with Crippen molar-refractivity contribution in [2.45, 2.75) is 51.7 Å². The number of nitrogens with zero attached hydrogens (tertiary/aromatic N) is 2. The molecule has 1 N–H and O–H groups in total. The highest BCUT2D eigenvalue weighted by molar-refractivity contribution is 6.31. The van der Waals surface area contributed by atoms with E-state index in [4.69, 9.17) is 25.5 Å². The number of carbonyl (C=O) groups is 1. The van der Waals surface area contributed by atoms with Gasteiger partial charge in [-0.3, -0.25) is 0 Å². The molecule has 0 radical (unpaired) electrons. The van der Waals surface area contributed by atoms with Crippen molar-refractivity contribution in [1.29, 1.82) is 0 Å². The Labute approximate surface area is 290 Å². The van der Waals surface area contributed by atoms with E-state index in [1.807, 2.05) is 43.3 Å². The molecule has 2 aliphatic carbocycles. The second kappa shape index (κ2) is 13.5. The minimum atomic E-state index is -0.354. The number of hydrogen-bond donors (Lipinski definition) is 1. The second-order valence-electron chi connectivity index (χ2n) is 12.7. The summed E-state index contributed by atoms with van der Waals surface area (Å²) in [6, 6.07) is 30.8. The van der Waals surface area contributed by atoms with Crippen LogP contribution in [0.2, 0.25) is 5.02 Å². The first kappa shape index (κ1) is 31.3. The Morgan fingerprint density at radius 3 is 2.76 bits per heavy atom. The molecule has 0 aliphatic heterocycles. The number of nitrogens with one attached hydrogen (secondary N) is 1. The smallest absolute Gasteiger partial charge is 0.356 e. The van der Waals surface area contributed by atoms with Gasteiger partial charge in [-0.2, -0.15) is 0 Å². The molecule has 2 aromatic heterocycles. The van der Waals surface area contributed by atoms with Gasteiger partial charge in [0.1, 0.15) is 23.6 Å². The van der Waals surface area contributed by atoms with E-state index in [1.54, 1.807) is 18.2 Å². The Morgan fingerprint density at radius 1 is 0.980 bits per heavy atom. The van der Waals surface area contributed by atoms with Gasteiger partial charge in [0.2, 0.25) is 5.89 Å². The number of rotatable bonds is 10. The van der Waals surface area contributed by atoms with Crippen LogP contribution in [-0.4, -0.2) is 29.1 Å². The van der Waals surface area contributed by atoms with E-state index < -0.39 is 0 Å². The minimum absolute atomic E-state index is 0.231. The van der Waals surface area contributed by atoms with Crippen molar-refractivity contribution in [3.05, 3.63) is 135 Å². The molecule has 0 amide bonds. The van der Waals surface area contributed by atoms with Crippen LogP contribution in [-0.2, 0) is 30.6 Å². The van der Waals surface area contributed by atoms with E-state index in [0.29, 0.717) is 35.4 Å². The van der Waals surface area contributed by atoms with Crippen LogP contribution in [0.3, 0.4) is 0 Å². The van der Waals surface area contributed by atoms with Gasteiger partial charge in [0.15, 0.2) is 5.58 Å². The lowest BCUT2D eigenvalue weighted by Gasteiger charge is -2.26. The van der Waals surface area contributed by atoms with Crippen molar-refractivity contribution < 1.29 is 18.7 Å². The molecule has 246 valence electrons. The lowest BCUT2D eigenvalue weighted by atomic mass is 9.90. The molecule has 0 saturated carbocycles. The molecule has 7 nitrogen and oxygen atoms in total. The van der Waals surface area contributed by atoms with Gasteiger partial charge in [-0.05, 0) is 133 Å². The van der Waals surface area contributed by atoms with Crippen LogP contribution in [0.1, 0.15) is 69.8 Å². The molecule has 0 bridgehead atoms. The number of pyridine rings is 1. The van der Waals surface area contributed by atoms with Crippen LogP contribution >= 0.6 is 11.6 Å². The van der Waals surface area contributed by atoms with Crippen molar-refractivity contribution in [2.75, 3.05) is 13.2 Å². The molecule has 49 heavy (non-hydrogen) atoms. The fourth-order valence-electron chi connectivity index (χ4n) is 7.11. The molecular weight excluding hydrogens is 634 g/mol. The molecule has 6 aromatic rings. The summed E-state index contributed by atoms with van der Waals surface area (Å²) in [7, 11) is 0. The Morgan fingerprint density at radius 2 is 1.88 bits per heavy atom. The summed E-state index contributed by atoms with van der Waals surface area (Å²) in [6.07, 6.45) is 4.82. The number of carbonyl (C=O) groups excluding carboxylic acids is 1. The summed E-state index contributed by atoms with van der Waals surface area (Å²) in [4.78, 5) is 21.4. The summed E-state index contributed by atoms with van der Waals surface area (Å²) < 4.78 is 17.3. The predicted octanol–water partition coefficient (Wildman–Crippen LogP) is 9.08. The molecule has 1 unspecified atom stereocenters. The molecule has 8 rings (SSSR count). The maximum absolute atomic E-state index is 12.2. The predicted molar refractivity (Wildman–Crippen MR) is 191 cm³/mol. The highest BCUT2D eigenvalue weighted by Gasteiger charge is 2.24. The third kappa shape index (κ3) is 6.44. The SMILES string of the molecule is CCOC(=O)c1ccc2c(n1)CCCC2NCCc1cccc2c1-c1ccc(OCc3ccc(-c4nc5cc(Cl)ccc5o4)cc3)cc1C2. The number of esters is 1. The third-order valence-electron chi connectivity index (χ3n) is 9.48. The molecule has 1 atom stereocenters. The van der Waals surface area contributed by atoms with Crippen molar-refractivity contribution in [2.24, 2.45) is 0 Å². The second-order valence-corrected chi connectivity index (χ2v) is 13.1. The van der Waals surface area contributed by atoms with Gasteiger partial charge in [-0.15, -0.1) is 0 Å². The molecule has 2 aliphatic rings. The zero-order valence-corrected chi connectivity index (χ0v) is 28.1. The van der Waals surface area contributed by atoms with E-state index in [-0.39, 0.29) is 12.0 Å². The van der Waals surface area contributed by atoms with Crippen LogP contribution in [0.15, 0.2) is 95.4 Å². The normalized spacial score (nSPS) is 14.7. The minimum Gasteiger partial charge on any atom is -0.489 e. The van der Waals surface area contributed by atoms with Gasteiger partial charge in [0.25, 0.3) is 0 Å². The maximum Gasteiger partial charge on any atom is 0.356 e. The van der Waals surface area contributed by atoms with Crippen molar-refractivity contribution in [1.82, 2.24) is 15.3 Å². The topological polar surface area (TPSA) is 86.5 Å². The van der Waals surface area contributed by atoms with Gasteiger partial charge in [0.05, 0.1) is 6.61 Å². The van der Waals surface area contributed by atoms with Crippen LogP contribution in [0.25, 0.3) is 33.7 Å². The third-order valence-corrected chi connectivity index (χ3v) is 9.72. The number of hydrogen-bond acceptors (Lipinski definition) is 7. The van der Waals surface area contributed by atoms with Crippen molar-refractivity contribution >= 4 is 28.7 Å². The van der Waals surface area contributed by atoms with Crippen molar-refractivity contribution in [3.63, 3.8) is 0 Å². The van der Waals surface area contributed by atoms with E-state index in [1.165, 1.54) is 33.4 Å². The standard InChI is InChI=1S/C41H36ClN3O4/c1-2-47-41(46)36-17-16-33-34(7-4-8-35(33)44-36)43-20-19-26-5-3-6-28-21-29-22-31(14-15-32(29)39(26)28)48-24-25-9-11-27(12-10-25)40-45-37-23-30(42)13-18-38(37)49-40/h3,5-6,9-18,22-23,34,43H,2,4,7-8,19-21,24H2,1H3. The number of benzene rings is 4. The quantitative estimate of drug-likeness (QED) is 0.145. The zero-order chi connectivity index (χ0) is 33.3. The average molecular weight is 670 g/mol. The number of fused-ring (bicyclic) bond motifs is 5. The maximum atomic E-state index is 12.2. The lowest BCUT2D eigenvalue weighted by Crippen LogP contribution is -2.28. The van der Waals surface area contributed by atoms with Gasteiger partial charge in [-0.25, -0.2) is 14.8 Å². The van der Waals surface area contributed by atoms with Crippen LogP contribution in [0, 0.1) is 0 Å². The first-order valence-corrected chi connectivity index (χ1v) is 17.3. The molecule has 0 spiro atoms. The first-order valence-electron chi connectivity index (χ1n) is 16.9. The van der Waals surface area contributed by atoms with Crippen LogP contribution < -0.4 is 10.1 Å². The fraction of sp³-hybridized carbons (Fsp3) is 0.244. The summed E-state index contributed by atoms with van der Waals surface area (Å²) in [5.41, 5.74) is 12.7. The zero-order valence-electron chi connectivity index (χ0n) is 27.3. The largest absolute Gasteiger partial charge is 0.489 e.